The molecule has 0 bridgehead atoms. The quantitative estimate of drug-likeness (QED) is 0.322. The molecule has 1 atom stereocenters. The van der Waals surface area contributed by atoms with E-state index in [9.17, 15) is 5.11 Å². The lowest BCUT2D eigenvalue weighted by Gasteiger charge is -2.36. The summed E-state index contributed by atoms with van der Waals surface area (Å²) in [6, 6.07) is 0. The minimum Gasteiger partial charge on any atom is -0.389 e. The van der Waals surface area contributed by atoms with Gasteiger partial charge in [-0.15, -0.1) is 0 Å². The molecular weight excluding hydrogens is 180 g/mol. The number of nitrogens with zero attached hydrogens (tertiary/aromatic N) is 4. The van der Waals surface area contributed by atoms with Crippen molar-refractivity contribution in [2.24, 2.45) is 5.11 Å². The van der Waals surface area contributed by atoms with Crippen LogP contribution >= 0.6 is 0 Å². The van der Waals surface area contributed by atoms with E-state index in [2.05, 4.69) is 14.9 Å². The molecule has 1 saturated heterocycles. The van der Waals surface area contributed by atoms with Gasteiger partial charge in [0, 0.05) is 18.0 Å². The van der Waals surface area contributed by atoms with Gasteiger partial charge in [0.15, 0.2) is 0 Å². The minimum absolute atomic E-state index is 0.531. The van der Waals surface area contributed by atoms with Gasteiger partial charge in [-0.2, -0.15) is 0 Å². The summed E-state index contributed by atoms with van der Waals surface area (Å²) < 4.78 is 0. The van der Waals surface area contributed by atoms with E-state index < -0.39 is 5.60 Å². The molecule has 1 rings (SSSR count). The average Bonchev–Trinajstić information content (AvgIpc) is 2.11. The first-order valence-corrected chi connectivity index (χ1v) is 5.10. The van der Waals surface area contributed by atoms with Gasteiger partial charge in [-0.25, -0.2) is 0 Å². The Morgan fingerprint density at radius 3 is 3.07 bits per heavy atom. The zero-order valence-electron chi connectivity index (χ0n) is 8.69. The third kappa shape index (κ3) is 3.96. The summed E-state index contributed by atoms with van der Waals surface area (Å²) in [5, 5.41) is 13.3. The van der Waals surface area contributed by atoms with Crippen molar-refractivity contribution < 1.29 is 5.11 Å². The third-order valence-corrected chi connectivity index (χ3v) is 2.55. The van der Waals surface area contributed by atoms with Crippen molar-refractivity contribution in [2.75, 3.05) is 26.2 Å². The van der Waals surface area contributed by atoms with Gasteiger partial charge in [-0.1, -0.05) is 5.11 Å². The van der Waals surface area contributed by atoms with Crippen LogP contribution in [0.3, 0.4) is 0 Å². The molecule has 80 valence electrons. The molecule has 1 fully saturated rings. The second-order valence-corrected chi connectivity index (χ2v) is 4.18. The lowest BCUT2D eigenvalue weighted by molar-refractivity contribution is -0.0154. The highest BCUT2D eigenvalue weighted by Crippen LogP contribution is 2.19. The number of rotatable bonds is 4. The lowest BCUT2D eigenvalue weighted by Crippen LogP contribution is -2.46. The molecule has 0 aliphatic carbocycles. The van der Waals surface area contributed by atoms with Crippen molar-refractivity contribution >= 4 is 0 Å². The fourth-order valence-electron chi connectivity index (χ4n) is 1.92. The highest BCUT2D eigenvalue weighted by Gasteiger charge is 2.27. The SMILES string of the molecule is CC1(O)CCCN(CCCN=[N+]=[N-])C1. The molecule has 0 aromatic heterocycles. The van der Waals surface area contributed by atoms with Crippen molar-refractivity contribution in [1.82, 2.24) is 4.90 Å². The van der Waals surface area contributed by atoms with E-state index in [0.29, 0.717) is 6.54 Å². The van der Waals surface area contributed by atoms with Gasteiger partial charge < -0.3 is 10.0 Å². The van der Waals surface area contributed by atoms with Crippen molar-refractivity contribution in [3.8, 4) is 0 Å². The summed E-state index contributed by atoms with van der Waals surface area (Å²) in [7, 11) is 0. The van der Waals surface area contributed by atoms with E-state index in [-0.39, 0.29) is 0 Å². The first-order chi connectivity index (χ1) is 6.64. The maximum atomic E-state index is 9.82. The smallest absolute Gasteiger partial charge is 0.0746 e. The maximum Gasteiger partial charge on any atom is 0.0746 e. The van der Waals surface area contributed by atoms with Gasteiger partial charge >= 0.3 is 0 Å². The Morgan fingerprint density at radius 2 is 2.43 bits per heavy atom. The van der Waals surface area contributed by atoms with E-state index in [1.807, 2.05) is 6.92 Å². The Bertz CT molecular complexity index is 223. The second-order valence-electron chi connectivity index (χ2n) is 4.18. The molecule has 0 spiro atoms. The average molecular weight is 198 g/mol. The van der Waals surface area contributed by atoms with Gasteiger partial charge in [0.2, 0.25) is 0 Å². The second kappa shape index (κ2) is 5.20. The van der Waals surface area contributed by atoms with Crippen LogP contribution in [0.2, 0.25) is 0 Å². The molecule has 1 aliphatic heterocycles. The number of azide groups is 1. The molecule has 0 saturated carbocycles. The third-order valence-electron chi connectivity index (χ3n) is 2.55. The van der Waals surface area contributed by atoms with Crippen LogP contribution in [0.5, 0.6) is 0 Å². The topological polar surface area (TPSA) is 72.2 Å². The van der Waals surface area contributed by atoms with Crippen LogP contribution in [-0.4, -0.2) is 41.8 Å². The first kappa shape index (κ1) is 11.3. The van der Waals surface area contributed by atoms with Crippen molar-refractivity contribution in [3.05, 3.63) is 10.4 Å². The van der Waals surface area contributed by atoms with E-state index in [1.54, 1.807) is 0 Å². The zero-order chi connectivity index (χ0) is 10.4. The molecule has 0 radical (unpaired) electrons. The van der Waals surface area contributed by atoms with Crippen LogP contribution < -0.4 is 0 Å². The predicted molar refractivity (Wildman–Crippen MR) is 54.9 cm³/mol. The summed E-state index contributed by atoms with van der Waals surface area (Å²) >= 11 is 0. The van der Waals surface area contributed by atoms with E-state index in [0.717, 1.165) is 38.9 Å². The molecule has 14 heavy (non-hydrogen) atoms. The van der Waals surface area contributed by atoms with E-state index >= 15 is 0 Å². The predicted octanol–water partition coefficient (Wildman–Crippen LogP) is 1.53. The molecule has 1 heterocycles. The van der Waals surface area contributed by atoms with Gasteiger partial charge in [0.1, 0.15) is 0 Å². The van der Waals surface area contributed by atoms with Gasteiger partial charge in [-0.3, -0.25) is 0 Å². The highest BCUT2D eigenvalue weighted by molar-refractivity contribution is 4.82. The van der Waals surface area contributed by atoms with E-state index in [1.165, 1.54) is 0 Å². The Labute approximate surface area is 84.3 Å². The van der Waals surface area contributed by atoms with Crippen molar-refractivity contribution in [1.29, 1.82) is 0 Å². The number of hydrogen-bond donors (Lipinski definition) is 1. The van der Waals surface area contributed by atoms with Crippen LogP contribution in [0.1, 0.15) is 26.2 Å². The number of piperidine rings is 1. The summed E-state index contributed by atoms with van der Waals surface area (Å²) in [5.41, 5.74) is 7.56. The van der Waals surface area contributed by atoms with Crippen LogP contribution in [0.15, 0.2) is 5.11 Å². The lowest BCUT2D eigenvalue weighted by atomic mass is 9.95. The van der Waals surface area contributed by atoms with Crippen LogP contribution in [0.4, 0.5) is 0 Å². The van der Waals surface area contributed by atoms with Crippen LogP contribution in [0.25, 0.3) is 10.4 Å². The molecule has 1 aliphatic rings. The first-order valence-electron chi connectivity index (χ1n) is 5.10. The highest BCUT2D eigenvalue weighted by atomic mass is 16.3. The molecule has 0 aromatic carbocycles. The normalized spacial score (nSPS) is 28.4. The molecule has 0 aromatic rings. The number of likely N-dealkylation sites (tertiary alicyclic amines) is 1. The Balaban J connectivity index is 2.21. The van der Waals surface area contributed by atoms with Crippen molar-refractivity contribution in [2.45, 2.75) is 31.8 Å². The largest absolute Gasteiger partial charge is 0.389 e. The molecule has 1 N–H and O–H groups in total. The molecular formula is C9H18N4O. The van der Waals surface area contributed by atoms with Gasteiger partial charge in [0.05, 0.1) is 5.60 Å². The Kier molecular flexibility index (Phi) is 4.20. The fraction of sp³-hybridized carbons (Fsp3) is 1.00. The number of aliphatic hydroxyl groups is 1. The molecule has 0 amide bonds. The maximum absolute atomic E-state index is 9.82. The summed E-state index contributed by atoms with van der Waals surface area (Å²) in [6.45, 7) is 5.13. The van der Waals surface area contributed by atoms with Gasteiger partial charge in [0.25, 0.3) is 0 Å². The summed E-state index contributed by atoms with van der Waals surface area (Å²) in [5.74, 6) is 0. The monoisotopic (exact) mass is 198 g/mol. The van der Waals surface area contributed by atoms with E-state index in [4.69, 9.17) is 5.53 Å². The Morgan fingerprint density at radius 1 is 1.64 bits per heavy atom. The number of β-amino-alcohol motifs (C(OH)–C–C–N with tert-alkyl or cyclic N) is 1. The fourth-order valence-corrected chi connectivity index (χ4v) is 1.92. The van der Waals surface area contributed by atoms with Gasteiger partial charge in [-0.05, 0) is 44.8 Å². The van der Waals surface area contributed by atoms with Crippen LogP contribution in [-0.2, 0) is 0 Å². The minimum atomic E-state index is -0.531. The molecule has 5 nitrogen and oxygen atoms in total. The Hall–Kier alpha value is -0.770. The molecule has 5 heteroatoms. The van der Waals surface area contributed by atoms with Crippen LogP contribution in [0, 0.1) is 0 Å². The van der Waals surface area contributed by atoms with Crippen molar-refractivity contribution in [3.63, 3.8) is 0 Å². The zero-order valence-corrected chi connectivity index (χ0v) is 8.69. The standard InChI is InChI=1S/C9H18N4O/c1-9(14)4-2-6-13(8-9)7-3-5-11-12-10/h14H,2-8H2,1H3. The molecule has 1 unspecified atom stereocenters. The number of hydrogen-bond acceptors (Lipinski definition) is 3. The summed E-state index contributed by atoms with van der Waals surface area (Å²) in [6.07, 6.45) is 2.81. The summed E-state index contributed by atoms with van der Waals surface area (Å²) in [4.78, 5) is 4.94.